The van der Waals surface area contributed by atoms with Gasteiger partial charge in [0.25, 0.3) is 5.91 Å². The molecular formula is C19H32IN5O2. The van der Waals surface area contributed by atoms with Gasteiger partial charge in [-0.2, -0.15) is 0 Å². The first-order valence-corrected chi connectivity index (χ1v) is 8.68. The van der Waals surface area contributed by atoms with Gasteiger partial charge in [-0.05, 0) is 44.9 Å². The summed E-state index contributed by atoms with van der Waals surface area (Å²) in [5.41, 5.74) is 1.48. The SMILES string of the molecule is CN=C(NCCc1cccc(C(=O)N(C)C)c1)NCC(=O)NC(C)(C)C.I. The lowest BCUT2D eigenvalue weighted by Gasteiger charge is -2.21. The first-order chi connectivity index (χ1) is 12.1. The van der Waals surface area contributed by atoms with Gasteiger partial charge in [0.2, 0.25) is 5.91 Å². The molecule has 0 saturated heterocycles. The summed E-state index contributed by atoms with van der Waals surface area (Å²) in [5.74, 6) is 0.465. The van der Waals surface area contributed by atoms with Gasteiger partial charge >= 0.3 is 0 Å². The number of rotatable bonds is 6. The van der Waals surface area contributed by atoms with E-state index in [2.05, 4.69) is 20.9 Å². The molecule has 152 valence electrons. The lowest BCUT2D eigenvalue weighted by Crippen LogP contribution is -2.48. The molecule has 1 aromatic carbocycles. The fourth-order valence-electron chi connectivity index (χ4n) is 2.29. The van der Waals surface area contributed by atoms with E-state index in [1.54, 1.807) is 26.0 Å². The second-order valence-electron chi connectivity index (χ2n) is 7.30. The molecule has 0 aliphatic rings. The third-order valence-electron chi connectivity index (χ3n) is 3.44. The Morgan fingerprint density at radius 3 is 2.37 bits per heavy atom. The van der Waals surface area contributed by atoms with Crippen molar-refractivity contribution >= 4 is 41.8 Å². The Hall–Kier alpha value is -1.84. The van der Waals surface area contributed by atoms with Crippen LogP contribution < -0.4 is 16.0 Å². The second-order valence-corrected chi connectivity index (χ2v) is 7.30. The van der Waals surface area contributed by atoms with E-state index in [0.29, 0.717) is 18.1 Å². The minimum Gasteiger partial charge on any atom is -0.356 e. The maximum Gasteiger partial charge on any atom is 0.253 e. The van der Waals surface area contributed by atoms with E-state index in [1.165, 1.54) is 0 Å². The molecule has 3 N–H and O–H groups in total. The maximum atomic E-state index is 12.0. The van der Waals surface area contributed by atoms with Gasteiger partial charge in [-0.1, -0.05) is 12.1 Å². The van der Waals surface area contributed by atoms with Crippen LogP contribution in [0.3, 0.4) is 0 Å². The van der Waals surface area contributed by atoms with Crippen molar-refractivity contribution in [2.45, 2.75) is 32.7 Å². The van der Waals surface area contributed by atoms with E-state index in [9.17, 15) is 9.59 Å². The molecule has 0 aliphatic heterocycles. The number of aliphatic imine (C=N–C) groups is 1. The van der Waals surface area contributed by atoms with Gasteiger partial charge < -0.3 is 20.9 Å². The standard InChI is InChI=1S/C19H31N5O2.HI/c1-19(2,3)23-16(25)13-22-18(20-4)21-11-10-14-8-7-9-15(12-14)17(26)24(5)6;/h7-9,12H,10-11,13H2,1-6H3,(H,23,25)(H2,20,21,22);1H. The predicted octanol–water partition coefficient (Wildman–Crippen LogP) is 1.63. The number of nitrogens with zero attached hydrogens (tertiary/aromatic N) is 2. The molecule has 0 bridgehead atoms. The number of hydrogen-bond acceptors (Lipinski definition) is 3. The van der Waals surface area contributed by atoms with Gasteiger partial charge in [-0.3, -0.25) is 14.6 Å². The number of guanidine groups is 1. The number of carbonyl (C=O) groups excluding carboxylic acids is 2. The lowest BCUT2D eigenvalue weighted by atomic mass is 10.1. The van der Waals surface area contributed by atoms with Crippen LogP contribution in [0, 0.1) is 0 Å². The van der Waals surface area contributed by atoms with Gasteiger partial charge in [-0.25, -0.2) is 0 Å². The van der Waals surface area contributed by atoms with E-state index in [-0.39, 0.29) is 47.9 Å². The largest absolute Gasteiger partial charge is 0.356 e. The molecule has 0 aliphatic carbocycles. The second kappa shape index (κ2) is 11.8. The van der Waals surface area contributed by atoms with Crippen LogP contribution in [-0.4, -0.2) is 62.4 Å². The minimum atomic E-state index is -0.259. The third kappa shape index (κ3) is 10.2. The van der Waals surface area contributed by atoms with Crippen LogP contribution in [0.5, 0.6) is 0 Å². The fraction of sp³-hybridized carbons (Fsp3) is 0.526. The van der Waals surface area contributed by atoms with Crippen LogP contribution in [0.4, 0.5) is 0 Å². The Kier molecular flexibility index (Phi) is 11.0. The van der Waals surface area contributed by atoms with Crippen LogP contribution in [0.15, 0.2) is 29.3 Å². The average molecular weight is 489 g/mol. The predicted molar refractivity (Wildman–Crippen MR) is 121 cm³/mol. The Morgan fingerprint density at radius 1 is 1.15 bits per heavy atom. The van der Waals surface area contributed by atoms with Crippen LogP contribution in [-0.2, 0) is 11.2 Å². The molecule has 27 heavy (non-hydrogen) atoms. The normalized spacial score (nSPS) is 11.3. The molecule has 1 rings (SSSR count). The van der Waals surface area contributed by atoms with Crippen LogP contribution >= 0.6 is 24.0 Å². The van der Waals surface area contributed by atoms with Crippen molar-refractivity contribution in [2.75, 3.05) is 34.2 Å². The number of halogens is 1. The Bertz CT molecular complexity index is 654. The zero-order chi connectivity index (χ0) is 19.7. The highest BCUT2D eigenvalue weighted by Gasteiger charge is 2.13. The highest BCUT2D eigenvalue weighted by atomic mass is 127. The molecule has 0 spiro atoms. The lowest BCUT2D eigenvalue weighted by molar-refractivity contribution is -0.121. The number of amides is 2. The molecule has 0 unspecified atom stereocenters. The van der Waals surface area contributed by atoms with Crippen molar-refractivity contribution < 1.29 is 9.59 Å². The van der Waals surface area contributed by atoms with Crippen LogP contribution in [0.1, 0.15) is 36.7 Å². The summed E-state index contributed by atoms with van der Waals surface area (Å²) in [7, 11) is 5.14. The topological polar surface area (TPSA) is 85.8 Å². The fourth-order valence-corrected chi connectivity index (χ4v) is 2.29. The van der Waals surface area contributed by atoms with Crippen molar-refractivity contribution in [1.29, 1.82) is 0 Å². The van der Waals surface area contributed by atoms with Gasteiger partial charge in [0.1, 0.15) is 0 Å². The van der Waals surface area contributed by atoms with E-state index in [0.717, 1.165) is 12.0 Å². The Balaban J connectivity index is 0.00000676. The van der Waals surface area contributed by atoms with Gasteiger partial charge in [0.05, 0.1) is 6.54 Å². The van der Waals surface area contributed by atoms with E-state index in [1.807, 2.05) is 45.0 Å². The Labute approximate surface area is 179 Å². The summed E-state index contributed by atoms with van der Waals surface area (Å²) >= 11 is 0. The maximum absolute atomic E-state index is 12.0. The zero-order valence-corrected chi connectivity index (χ0v) is 19.4. The monoisotopic (exact) mass is 489 g/mol. The molecule has 0 radical (unpaired) electrons. The summed E-state index contributed by atoms with van der Waals surface area (Å²) in [5, 5.41) is 9.05. The average Bonchev–Trinajstić information content (AvgIpc) is 2.55. The summed E-state index contributed by atoms with van der Waals surface area (Å²) in [6.07, 6.45) is 0.740. The van der Waals surface area contributed by atoms with E-state index < -0.39 is 0 Å². The molecule has 0 atom stereocenters. The number of hydrogen-bond donors (Lipinski definition) is 3. The highest BCUT2D eigenvalue weighted by Crippen LogP contribution is 2.07. The Morgan fingerprint density at radius 2 is 1.81 bits per heavy atom. The van der Waals surface area contributed by atoms with E-state index in [4.69, 9.17) is 0 Å². The molecule has 7 nitrogen and oxygen atoms in total. The summed E-state index contributed by atoms with van der Waals surface area (Å²) in [6.45, 7) is 6.61. The quantitative estimate of drug-likeness (QED) is 0.322. The van der Waals surface area contributed by atoms with Gasteiger partial charge in [0, 0.05) is 38.8 Å². The highest BCUT2D eigenvalue weighted by molar-refractivity contribution is 14.0. The van der Waals surface area contributed by atoms with Gasteiger partial charge in [-0.15, -0.1) is 24.0 Å². The first-order valence-electron chi connectivity index (χ1n) is 8.68. The van der Waals surface area contributed by atoms with Crippen molar-refractivity contribution in [1.82, 2.24) is 20.9 Å². The molecular weight excluding hydrogens is 457 g/mol. The van der Waals surface area contributed by atoms with Crippen molar-refractivity contribution in [3.05, 3.63) is 35.4 Å². The molecule has 1 aromatic rings. The molecule has 0 heterocycles. The molecule has 0 fully saturated rings. The molecule has 0 saturated carbocycles. The summed E-state index contributed by atoms with van der Waals surface area (Å²) in [6, 6.07) is 7.58. The summed E-state index contributed by atoms with van der Waals surface area (Å²) in [4.78, 5) is 29.5. The minimum absolute atomic E-state index is 0. The smallest absolute Gasteiger partial charge is 0.253 e. The third-order valence-corrected chi connectivity index (χ3v) is 3.44. The van der Waals surface area contributed by atoms with Crippen molar-refractivity contribution in [3.8, 4) is 0 Å². The van der Waals surface area contributed by atoms with Gasteiger partial charge in [0.15, 0.2) is 5.96 Å². The van der Waals surface area contributed by atoms with Crippen molar-refractivity contribution in [3.63, 3.8) is 0 Å². The number of benzene rings is 1. The first kappa shape index (κ1) is 25.2. The molecule has 2 amide bonds. The number of carbonyl (C=O) groups is 2. The summed E-state index contributed by atoms with van der Waals surface area (Å²) < 4.78 is 0. The number of nitrogens with one attached hydrogen (secondary N) is 3. The van der Waals surface area contributed by atoms with Crippen molar-refractivity contribution in [2.24, 2.45) is 4.99 Å². The van der Waals surface area contributed by atoms with Crippen LogP contribution in [0.2, 0.25) is 0 Å². The van der Waals surface area contributed by atoms with Crippen LogP contribution in [0.25, 0.3) is 0 Å². The zero-order valence-electron chi connectivity index (χ0n) is 17.0. The molecule has 0 aromatic heterocycles. The molecule has 8 heteroatoms. The van der Waals surface area contributed by atoms with E-state index >= 15 is 0 Å².